The van der Waals surface area contributed by atoms with Gasteiger partial charge in [-0.3, -0.25) is 0 Å². The van der Waals surface area contributed by atoms with Crippen molar-refractivity contribution in [3.63, 3.8) is 0 Å². The van der Waals surface area contributed by atoms with E-state index in [2.05, 4.69) is 6.07 Å². The summed E-state index contributed by atoms with van der Waals surface area (Å²) in [7, 11) is 0. The SMILES string of the molecule is Clc1cccc(CCCOc2ccccc2)c1. The van der Waals surface area contributed by atoms with Crippen LogP contribution in [-0.2, 0) is 6.42 Å². The Morgan fingerprint density at radius 3 is 2.53 bits per heavy atom. The van der Waals surface area contributed by atoms with E-state index in [1.165, 1.54) is 5.56 Å². The monoisotopic (exact) mass is 246 g/mol. The minimum absolute atomic E-state index is 0.733. The summed E-state index contributed by atoms with van der Waals surface area (Å²) in [5, 5.41) is 0.798. The van der Waals surface area contributed by atoms with Crippen LogP contribution in [0, 0.1) is 0 Å². The first-order chi connectivity index (χ1) is 8.34. The minimum atomic E-state index is 0.733. The lowest BCUT2D eigenvalue weighted by Gasteiger charge is -2.06. The van der Waals surface area contributed by atoms with Crippen LogP contribution in [0.25, 0.3) is 0 Å². The zero-order valence-corrected chi connectivity index (χ0v) is 10.4. The van der Waals surface area contributed by atoms with Crippen LogP contribution >= 0.6 is 11.6 Å². The molecule has 0 aliphatic carbocycles. The van der Waals surface area contributed by atoms with Gasteiger partial charge in [-0.1, -0.05) is 41.9 Å². The van der Waals surface area contributed by atoms with Crippen molar-refractivity contribution in [1.82, 2.24) is 0 Å². The summed E-state index contributed by atoms with van der Waals surface area (Å²) in [4.78, 5) is 0. The van der Waals surface area contributed by atoms with Gasteiger partial charge in [0.05, 0.1) is 6.61 Å². The van der Waals surface area contributed by atoms with Gasteiger partial charge in [0, 0.05) is 5.02 Å². The van der Waals surface area contributed by atoms with E-state index in [0.717, 1.165) is 30.2 Å². The predicted octanol–water partition coefficient (Wildman–Crippen LogP) is 4.35. The van der Waals surface area contributed by atoms with Crippen molar-refractivity contribution >= 4 is 11.6 Å². The lowest BCUT2D eigenvalue weighted by atomic mass is 10.1. The Kier molecular flexibility index (Phi) is 4.45. The van der Waals surface area contributed by atoms with E-state index in [1.807, 2.05) is 48.5 Å². The minimum Gasteiger partial charge on any atom is -0.494 e. The molecule has 0 heterocycles. The molecular weight excluding hydrogens is 232 g/mol. The highest BCUT2D eigenvalue weighted by Gasteiger charge is 1.96. The van der Waals surface area contributed by atoms with Gasteiger partial charge in [-0.15, -0.1) is 0 Å². The van der Waals surface area contributed by atoms with Crippen molar-refractivity contribution in [3.05, 3.63) is 65.2 Å². The molecule has 0 spiro atoms. The first-order valence-corrected chi connectivity index (χ1v) is 6.15. The van der Waals surface area contributed by atoms with Crippen molar-refractivity contribution in [3.8, 4) is 5.75 Å². The zero-order valence-electron chi connectivity index (χ0n) is 9.60. The van der Waals surface area contributed by atoms with Gasteiger partial charge in [-0.05, 0) is 42.7 Å². The number of hydrogen-bond donors (Lipinski definition) is 0. The maximum atomic E-state index is 5.92. The van der Waals surface area contributed by atoms with Crippen molar-refractivity contribution in [1.29, 1.82) is 0 Å². The second-order valence-corrected chi connectivity index (χ2v) is 4.33. The van der Waals surface area contributed by atoms with Gasteiger partial charge in [-0.25, -0.2) is 0 Å². The van der Waals surface area contributed by atoms with E-state index in [9.17, 15) is 0 Å². The number of ether oxygens (including phenoxy) is 1. The number of para-hydroxylation sites is 1. The van der Waals surface area contributed by atoms with Gasteiger partial charge in [0.1, 0.15) is 5.75 Å². The normalized spacial score (nSPS) is 10.2. The molecule has 0 fully saturated rings. The first kappa shape index (κ1) is 12.0. The third-order valence-electron chi connectivity index (χ3n) is 2.51. The van der Waals surface area contributed by atoms with E-state index >= 15 is 0 Å². The largest absolute Gasteiger partial charge is 0.494 e. The molecule has 0 unspecified atom stereocenters. The highest BCUT2D eigenvalue weighted by Crippen LogP contribution is 2.13. The average molecular weight is 247 g/mol. The second-order valence-electron chi connectivity index (χ2n) is 3.89. The Labute approximate surface area is 107 Å². The fourth-order valence-electron chi connectivity index (χ4n) is 1.68. The van der Waals surface area contributed by atoms with Crippen LogP contribution in [0.5, 0.6) is 5.75 Å². The molecule has 2 aromatic carbocycles. The Morgan fingerprint density at radius 1 is 0.941 bits per heavy atom. The molecule has 0 radical (unpaired) electrons. The Balaban J connectivity index is 1.73. The number of benzene rings is 2. The molecule has 1 nitrogen and oxygen atoms in total. The molecule has 0 aliphatic rings. The van der Waals surface area contributed by atoms with E-state index in [0.29, 0.717) is 0 Å². The number of hydrogen-bond acceptors (Lipinski definition) is 1. The highest BCUT2D eigenvalue weighted by atomic mass is 35.5. The summed E-state index contributed by atoms with van der Waals surface area (Å²) >= 11 is 5.92. The molecule has 2 heteroatoms. The van der Waals surface area contributed by atoms with Crippen LogP contribution in [0.1, 0.15) is 12.0 Å². The molecule has 0 saturated carbocycles. The van der Waals surface area contributed by atoms with Gasteiger partial charge in [-0.2, -0.15) is 0 Å². The third kappa shape index (κ3) is 4.12. The van der Waals surface area contributed by atoms with Crippen LogP contribution < -0.4 is 4.74 Å². The fraction of sp³-hybridized carbons (Fsp3) is 0.200. The van der Waals surface area contributed by atoms with Gasteiger partial charge in [0.15, 0.2) is 0 Å². The Hall–Kier alpha value is -1.47. The molecule has 0 atom stereocenters. The van der Waals surface area contributed by atoms with E-state index in [4.69, 9.17) is 16.3 Å². The van der Waals surface area contributed by atoms with Crippen molar-refractivity contribution in [2.45, 2.75) is 12.8 Å². The lowest BCUT2D eigenvalue weighted by molar-refractivity contribution is 0.311. The summed E-state index contributed by atoms with van der Waals surface area (Å²) < 4.78 is 5.62. The molecule has 0 saturated heterocycles. The van der Waals surface area contributed by atoms with E-state index in [-0.39, 0.29) is 0 Å². The maximum Gasteiger partial charge on any atom is 0.119 e. The quantitative estimate of drug-likeness (QED) is 0.713. The predicted molar refractivity (Wildman–Crippen MR) is 71.7 cm³/mol. The smallest absolute Gasteiger partial charge is 0.119 e. The second kappa shape index (κ2) is 6.31. The molecule has 88 valence electrons. The van der Waals surface area contributed by atoms with Gasteiger partial charge < -0.3 is 4.74 Å². The third-order valence-corrected chi connectivity index (χ3v) is 2.75. The number of aryl methyl sites for hydroxylation is 1. The maximum absolute atomic E-state index is 5.92. The van der Waals surface area contributed by atoms with Crippen molar-refractivity contribution in [2.24, 2.45) is 0 Å². The summed E-state index contributed by atoms with van der Waals surface area (Å²) in [6, 6.07) is 17.9. The zero-order chi connectivity index (χ0) is 11.9. The average Bonchev–Trinajstić information content (AvgIpc) is 2.36. The van der Waals surface area contributed by atoms with Gasteiger partial charge >= 0.3 is 0 Å². The lowest BCUT2D eigenvalue weighted by Crippen LogP contribution is -1.99. The number of rotatable bonds is 5. The molecule has 0 bridgehead atoms. The van der Waals surface area contributed by atoms with Crippen LogP contribution in [0.2, 0.25) is 5.02 Å². The fourth-order valence-corrected chi connectivity index (χ4v) is 1.89. The van der Waals surface area contributed by atoms with E-state index in [1.54, 1.807) is 0 Å². The summed E-state index contributed by atoms with van der Waals surface area (Å²) in [5.41, 5.74) is 1.26. The standard InChI is InChI=1S/C15H15ClO/c16-14-8-4-6-13(12-14)7-5-11-17-15-9-2-1-3-10-15/h1-4,6,8-10,12H,5,7,11H2. The molecule has 2 aromatic rings. The molecule has 0 amide bonds. The summed E-state index contributed by atoms with van der Waals surface area (Å²) in [5.74, 6) is 0.929. The van der Waals surface area contributed by atoms with Crippen molar-refractivity contribution in [2.75, 3.05) is 6.61 Å². The Morgan fingerprint density at radius 2 is 1.76 bits per heavy atom. The van der Waals surface area contributed by atoms with Crippen LogP contribution in [0.15, 0.2) is 54.6 Å². The Bertz CT molecular complexity index is 453. The van der Waals surface area contributed by atoms with Crippen LogP contribution in [0.4, 0.5) is 0 Å². The molecule has 0 N–H and O–H groups in total. The molecule has 2 rings (SSSR count). The molecule has 0 aromatic heterocycles. The number of halogens is 1. The van der Waals surface area contributed by atoms with Gasteiger partial charge in [0.2, 0.25) is 0 Å². The first-order valence-electron chi connectivity index (χ1n) is 5.77. The van der Waals surface area contributed by atoms with E-state index < -0.39 is 0 Å². The highest BCUT2D eigenvalue weighted by molar-refractivity contribution is 6.30. The topological polar surface area (TPSA) is 9.23 Å². The summed E-state index contributed by atoms with van der Waals surface area (Å²) in [6.07, 6.45) is 1.99. The van der Waals surface area contributed by atoms with Crippen LogP contribution in [0.3, 0.4) is 0 Å². The molecular formula is C15H15ClO. The van der Waals surface area contributed by atoms with Gasteiger partial charge in [0.25, 0.3) is 0 Å². The molecule has 17 heavy (non-hydrogen) atoms. The van der Waals surface area contributed by atoms with Crippen molar-refractivity contribution < 1.29 is 4.74 Å². The summed E-state index contributed by atoms with van der Waals surface area (Å²) in [6.45, 7) is 0.733. The molecule has 0 aliphatic heterocycles. The van der Waals surface area contributed by atoms with Crippen LogP contribution in [-0.4, -0.2) is 6.61 Å².